The number of aromatic nitrogens is 6. The highest BCUT2D eigenvalue weighted by Crippen LogP contribution is 2.60. The zero-order valence-electron chi connectivity index (χ0n) is 17.0. The normalized spacial score (nSPS) is 17.5. The molecule has 16 nitrogen and oxygen atoms in total. The summed E-state index contributed by atoms with van der Waals surface area (Å²) in [5.74, 6) is -0.225. The molecule has 0 aliphatic heterocycles. The van der Waals surface area contributed by atoms with Crippen LogP contribution in [-0.4, -0.2) is 64.7 Å². The number of hydrogen-bond acceptors (Lipinski definition) is 10. The van der Waals surface area contributed by atoms with Crippen molar-refractivity contribution in [2.75, 3.05) is 25.6 Å². The molecule has 3 aromatic rings. The number of aryl methyl sites for hydroxylation is 1. The number of rotatable bonds is 11. The monoisotopic (exact) mass is 512 g/mol. The lowest BCUT2D eigenvalue weighted by atomic mass is 10.4. The number of phosphoric acid groups is 1. The van der Waals surface area contributed by atoms with Gasteiger partial charge in [-0.25, -0.2) is 27.4 Å². The minimum absolute atomic E-state index is 0.0169. The number of nitrogens with zero attached hydrogens (tertiary/aromatic N) is 5. The van der Waals surface area contributed by atoms with Gasteiger partial charge in [-0.2, -0.15) is 4.31 Å². The fourth-order valence-corrected chi connectivity index (χ4v) is 5.17. The molecule has 0 aliphatic rings. The summed E-state index contributed by atoms with van der Waals surface area (Å²) in [4.78, 5) is 41.4. The number of aliphatic hydroxyl groups is 1. The van der Waals surface area contributed by atoms with Crippen LogP contribution < -0.4 is 15.9 Å². The van der Waals surface area contributed by atoms with E-state index >= 15 is 0 Å². The molecule has 33 heavy (non-hydrogen) atoms. The van der Waals surface area contributed by atoms with Crippen molar-refractivity contribution in [3.8, 4) is 0 Å². The first-order valence-electron chi connectivity index (χ1n) is 9.06. The topological polar surface area (TPSA) is 221 Å². The first kappa shape index (κ1) is 25.1. The van der Waals surface area contributed by atoms with Crippen LogP contribution in [0.2, 0.25) is 0 Å². The Labute approximate surface area is 184 Å². The first-order valence-corrected chi connectivity index (χ1v) is 12.1. The Kier molecular flexibility index (Phi) is 7.45. The van der Waals surface area contributed by atoms with Crippen molar-refractivity contribution in [2.45, 2.75) is 12.3 Å². The van der Waals surface area contributed by atoms with Gasteiger partial charge in [0.25, 0.3) is 11.5 Å². The van der Waals surface area contributed by atoms with Crippen LogP contribution in [0.4, 0.5) is 10.3 Å². The van der Waals surface area contributed by atoms with E-state index in [-0.39, 0.29) is 17.1 Å². The van der Waals surface area contributed by atoms with Crippen molar-refractivity contribution in [2.24, 2.45) is 7.05 Å². The Morgan fingerprint density at radius 3 is 2.73 bits per heavy atom. The summed E-state index contributed by atoms with van der Waals surface area (Å²) in [5, 5.41) is 9.54. The maximum absolute atomic E-state index is 13.8. The Hall–Kier alpha value is -2.49. The number of fused-ring (bicyclic) bond motifs is 1. The number of halogens is 1. The van der Waals surface area contributed by atoms with Crippen molar-refractivity contribution >= 4 is 32.7 Å². The zero-order valence-corrected chi connectivity index (χ0v) is 18.8. The highest BCUT2D eigenvalue weighted by molar-refractivity contribution is 7.63. The minimum atomic E-state index is -5.13. The summed E-state index contributed by atoms with van der Waals surface area (Å²) >= 11 is 0. The van der Waals surface area contributed by atoms with Gasteiger partial charge >= 0.3 is 21.2 Å². The van der Waals surface area contributed by atoms with Gasteiger partial charge in [0.1, 0.15) is 19.1 Å². The van der Waals surface area contributed by atoms with Gasteiger partial charge in [0.2, 0.25) is 11.7 Å². The van der Waals surface area contributed by atoms with Crippen LogP contribution in [0.5, 0.6) is 0 Å². The molecule has 0 amide bonds. The summed E-state index contributed by atoms with van der Waals surface area (Å²) in [6.07, 6.45) is 1.53. The van der Waals surface area contributed by atoms with Crippen molar-refractivity contribution in [1.82, 2.24) is 23.9 Å². The van der Waals surface area contributed by atoms with Crippen molar-refractivity contribution in [3.05, 3.63) is 35.4 Å². The molecule has 3 aromatic heterocycles. The van der Waals surface area contributed by atoms with E-state index in [2.05, 4.69) is 23.8 Å². The fraction of sp³-hybridized carbons (Fsp3) is 0.429. The molecule has 0 radical (unpaired) electrons. The number of phosphoric ester groups is 1. The van der Waals surface area contributed by atoms with E-state index in [1.54, 1.807) is 0 Å². The summed E-state index contributed by atoms with van der Waals surface area (Å²) in [6.45, 7) is -2.78. The van der Waals surface area contributed by atoms with E-state index in [9.17, 15) is 33.2 Å². The molecule has 3 heterocycles. The molecule has 0 spiro atoms. The van der Waals surface area contributed by atoms with Gasteiger partial charge in [0.05, 0.1) is 20.3 Å². The maximum atomic E-state index is 13.8. The van der Waals surface area contributed by atoms with Gasteiger partial charge in [0, 0.05) is 12.4 Å². The number of ether oxygens (including phenoxy) is 1. The Morgan fingerprint density at radius 2 is 2.12 bits per heavy atom. The van der Waals surface area contributed by atoms with Crippen LogP contribution >= 0.6 is 15.6 Å². The van der Waals surface area contributed by atoms with Crippen LogP contribution in [-0.2, 0) is 29.7 Å². The molecule has 4 atom stereocenters. The van der Waals surface area contributed by atoms with Crippen LogP contribution in [0.3, 0.4) is 0 Å². The molecule has 0 saturated carbocycles. The number of alkyl halides is 1. The molecule has 0 aromatic carbocycles. The van der Waals surface area contributed by atoms with Gasteiger partial charge in [-0.05, 0) is 0 Å². The Bertz CT molecular complexity index is 1260. The lowest BCUT2D eigenvalue weighted by Crippen LogP contribution is -2.45. The number of nitrogens with two attached hydrogens (primary N) is 1. The fourth-order valence-electron chi connectivity index (χ4n) is 2.79. The average molecular weight is 512 g/mol. The first-order chi connectivity index (χ1) is 15.5. The third-order valence-electron chi connectivity index (χ3n) is 4.20. The SMILES string of the molecule is Cn1c[n+]([C@@H](CF)O[C@@H](CO)COP(=O)(O)OP(=O)(O)n2ccnc2)c2nc(N)[nH]c(=O)c21. The van der Waals surface area contributed by atoms with Crippen LogP contribution in [0.1, 0.15) is 6.23 Å². The molecule has 0 aliphatic carbocycles. The van der Waals surface area contributed by atoms with Gasteiger partial charge in [-0.3, -0.25) is 18.9 Å². The number of aromatic amines is 1. The molecule has 182 valence electrons. The standard InChI is InChI=1S/C14H20FN7O9P2/c1-20-8-22(12-11(20)13(24)19-14(16)18-12)10(4-15)30-9(5-23)6-29-33(27,28)31-32(25,26)21-3-2-17-7-21/h2-3,7-10,23H,4-6H2,1H3,(H4-,16,18,19,24,25,26,27,28)/p+1/t9-,10+/m0/s1. The maximum Gasteiger partial charge on any atom is 0.480 e. The van der Waals surface area contributed by atoms with Crippen molar-refractivity contribution < 1.29 is 46.6 Å². The summed E-state index contributed by atoms with van der Waals surface area (Å²) in [6, 6.07) is 0. The highest BCUT2D eigenvalue weighted by atomic mass is 31.3. The smallest absolute Gasteiger partial charge is 0.394 e. The van der Waals surface area contributed by atoms with E-state index in [0.717, 1.165) is 23.3 Å². The highest BCUT2D eigenvalue weighted by Gasteiger charge is 2.37. The lowest BCUT2D eigenvalue weighted by molar-refractivity contribution is -0.745. The molecule has 0 fully saturated rings. The predicted molar refractivity (Wildman–Crippen MR) is 107 cm³/mol. The van der Waals surface area contributed by atoms with E-state index in [4.69, 9.17) is 10.5 Å². The Morgan fingerprint density at radius 1 is 1.39 bits per heavy atom. The second-order valence-electron chi connectivity index (χ2n) is 6.59. The van der Waals surface area contributed by atoms with Crippen LogP contribution in [0, 0.1) is 0 Å². The van der Waals surface area contributed by atoms with Gasteiger partial charge in [0.15, 0.2) is 6.33 Å². The third kappa shape index (κ3) is 5.72. The van der Waals surface area contributed by atoms with E-state index in [0.29, 0.717) is 4.34 Å². The molecule has 0 saturated heterocycles. The Balaban J connectivity index is 1.73. The third-order valence-corrected chi connectivity index (χ3v) is 7.17. The number of nitrogen functional groups attached to an aromatic ring is 1. The van der Waals surface area contributed by atoms with Gasteiger partial charge in [-0.15, -0.1) is 0 Å². The minimum Gasteiger partial charge on any atom is -0.394 e. The van der Waals surface area contributed by atoms with Gasteiger partial charge in [-0.1, -0.05) is 4.98 Å². The van der Waals surface area contributed by atoms with Crippen molar-refractivity contribution in [3.63, 3.8) is 0 Å². The molecule has 0 bridgehead atoms. The van der Waals surface area contributed by atoms with E-state index in [1.165, 1.54) is 17.9 Å². The quantitative estimate of drug-likeness (QED) is 0.154. The second-order valence-corrected chi connectivity index (χ2v) is 9.88. The molecule has 19 heteroatoms. The average Bonchev–Trinajstić information content (AvgIpc) is 3.37. The number of imidazole rings is 2. The molecular weight excluding hydrogens is 491 g/mol. The van der Waals surface area contributed by atoms with Crippen LogP contribution in [0.25, 0.3) is 11.2 Å². The number of anilines is 1. The lowest BCUT2D eigenvalue weighted by Gasteiger charge is -2.22. The van der Waals surface area contributed by atoms with Crippen LogP contribution in [0.15, 0.2) is 29.8 Å². The molecule has 2 unspecified atom stereocenters. The molecular formula is C14H21FN7O9P2+. The number of hydrogen-bond donors (Lipinski definition) is 5. The van der Waals surface area contributed by atoms with Gasteiger partial charge < -0.3 is 25.4 Å². The summed E-state index contributed by atoms with van der Waals surface area (Å²) in [5.41, 5.74) is 5.01. The summed E-state index contributed by atoms with van der Waals surface area (Å²) < 4.78 is 55.4. The number of H-pyrrole nitrogens is 1. The number of aliphatic hydroxyl groups excluding tert-OH is 1. The van der Waals surface area contributed by atoms with E-state index < -0.39 is 53.3 Å². The second kappa shape index (κ2) is 9.79. The van der Waals surface area contributed by atoms with Crippen molar-refractivity contribution in [1.29, 1.82) is 0 Å². The van der Waals surface area contributed by atoms with E-state index in [1.807, 2.05) is 0 Å². The molecule has 3 rings (SSSR count). The summed E-state index contributed by atoms with van der Waals surface area (Å²) in [7, 11) is -8.43. The molecule has 6 N–H and O–H groups in total. The number of nitrogens with one attached hydrogen (secondary N) is 1. The zero-order chi connectivity index (χ0) is 24.4. The predicted octanol–water partition coefficient (Wildman–Crippen LogP) is -1.04. The largest absolute Gasteiger partial charge is 0.480 e.